The van der Waals surface area contributed by atoms with E-state index >= 15 is 0 Å². The summed E-state index contributed by atoms with van der Waals surface area (Å²) < 4.78 is 0. The molecule has 0 aromatic rings. The largest absolute Gasteiger partial charge is 0.0656 e. The van der Waals surface area contributed by atoms with Crippen molar-refractivity contribution in [1.82, 2.24) is 0 Å². The van der Waals surface area contributed by atoms with Crippen LogP contribution in [0.5, 0.6) is 0 Å². The zero-order valence-corrected chi connectivity index (χ0v) is 12.9. The van der Waals surface area contributed by atoms with E-state index in [0.29, 0.717) is 5.41 Å². The summed E-state index contributed by atoms with van der Waals surface area (Å²) in [5.74, 6) is 3.17. The van der Waals surface area contributed by atoms with Crippen molar-refractivity contribution >= 4 is 0 Å². The third-order valence-corrected chi connectivity index (χ3v) is 4.92. The van der Waals surface area contributed by atoms with Gasteiger partial charge in [0.05, 0.1) is 0 Å². The minimum absolute atomic E-state index is 0.636. The lowest BCUT2D eigenvalue weighted by molar-refractivity contribution is 0.155. The van der Waals surface area contributed by atoms with Gasteiger partial charge in [-0.1, -0.05) is 60.3 Å². The third-order valence-electron chi connectivity index (χ3n) is 4.92. The molecule has 0 N–H and O–H groups in total. The minimum atomic E-state index is 0.636. The van der Waals surface area contributed by atoms with Crippen LogP contribution in [0.1, 0.15) is 86.0 Å². The maximum absolute atomic E-state index is 2.50. The molecule has 0 spiro atoms. The molecule has 0 heteroatoms. The Labute approximate surface area is 110 Å². The summed E-state index contributed by atoms with van der Waals surface area (Å²) in [5.41, 5.74) is 0.636. The van der Waals surface area contributed by atoms with Gasteiger partial charge in [-0.15, -0.1) is 0 Å². The molecule has 0 nitrogen and oxygen atoms in total. The van der Waals surface area contributed by atoms with Gasteiger partial charge in [0.25, 0.3) is 0 Å². The van der Waals surface area contributed by atoms with Gasteiger partial charge in [-0.2, -0.15) is 0 Å². The molecule has 3 unspecified atom stereocenters. The van der Waals surface area contributed by atoms with Crippen molar-refractivity contribution in [2.24, 2.45) is 23.2 Å². The Kier molecular flexibility index (Phi) is 6.03. The highest BCUT2D eigenvalue weighted by Gasteiger charge is 2.35. The van der Waals surface area contributed by atoms with E-state index in [-0.39, 0.29) is 0 Å². The molecule has 0 radical (unpaired) electrons. The highest BCUT2D eigenvalue weighted by Crippen LogP contribution is 2.46. The third kappa shape index (κ3) is 4.64. The van der Waals surface area contributed by atoms with Crippen LogP contribution in [0.4, 0.5) is 0 Å². The van der Waals surface area contributed by atoms with Crippen molar-refractivity contribution in [3.05, 3.63) is 0 Å². The molecule has 0 heterocycles. The normalized spacial score (nSPS) is 36.2. The molecule has 0 amide bonds. The molecule has 0 aromatic heterocycles. The lowest BCUT2D eigenvalue weighted by Gasteiger charge is -2.35. The summed E-state index contributed by atoms with van der Waals surface area (Å²) in [5, 5.41) is 0. The first-order valence-corrected chi connectivity index (χ1v) is 8.00. The summed E-state index contributed by atoms with van der Waals surface area (Å²) in [7, 11) is 0. The van der Waals surface area contributed by atoms with E-state index in [1.54, 1.807) is 0 Å². The lowest BCUT2D eigenvalue weighted by Crippen LogP contribution is -2.25. The molecule has 0 aromatic carbocycles. The van der Waals surface area contributed by atoms with Gasteiger partial charge in [0.15, 0.2) is 0 Å². The van der Waals surface area contributed by atoms with Crippen molar-refractivity contribution in [1.29, 1.82) is 0 Å². The summed E-state index contributed by atoms with van der Waals surface area (Å²) in [4.78, 5) is 0. The topological polar surface area (TPSA) is 0 Å². The molecule has 2 rings (SSSR count). The maximum atomic E-state index is 2.50. The van der Waals surface area contributed by atoms with Crippen LogP contribution in [0.3, 0.4) is 0 Å². The van der Waals surface area contributed by atoms with Gasteiger partial charge in [0.2, 0.25) is 0 Å². The molecule has 0 bridgehead atoms. The SMILES string of the molecule is CC1CCCC2CCC(C)(C)CCC12.CCC. The molecular formula is C17H34. The van der Waals surface area contributed by atoms with E-state index in [9.17, 15) is 0 Å². The predicted octanol–water partition coefficient (Wildman–Crippen LogP) is 6.06. The van der Waals surface area contributed by atoms with Crippen LogP contribution in [0.15, 0.2) is 0 Å². The van der Waals surface area contributed by atoms with Crippen LogP contribution in [-0.4, -0.2) is 0 Å². The fourth-order valence-corrected chi connectivity index (χ4v) is 3.73. The van der Waals surface area contributed by atoms with Crippen LogP contribution in [-0.2, 0) is 0 Å². The molecule has 3 atom stereocenters. The summed E-state index contributed by atoms with van der Waals surface area (Å²) in [6.07, 6.45) is 11.8. The Morgan fingerprint density at radius 1 is 0.941 bits per heavy atom. The Morgan fingerprint density at radius 3 is 2.18 bits per heavy atom. The molecular weight excluding hydrogens is 204 g/mol. The standard InChI is InChI=1S/C14H26.C3H8/c1-11-5-4-6-12-7-9-14(2,3)10-8-13(11)12;1-3-2/h11-13H,4-10H2,1-3H3;3H2,1-2H3. The van der Waals surface area contributed by atoms with E-state index in [0.717, 1.165) is 17.8 Å². The van der Waals surface area contributed by atoms with Crippen LogP contribution in [0.2, 0.25) is 0 Å². The fourth-order valence-electron chi connectivity index (χ4n) is 3.73. The highest BCUT2D eigenvalue weighted by atomic mass is 14.4. The summed E-state index contributed by atoms with van der Waals surface area (Å²) >= 11 is 0. The Balaban J connectivity index is 0.000000437. The number of hydrogen-bond acceptors (Lipinski definition) is 0. The van der Waals surface area contributed by atoms with E-state index in [4.69, 9.17) is 0 Å². The van der Waals surface area contributed by atoms with Gasteiger partial charge in [0, 0.05) is 0 Å². The van der Waals surface area contributed by atoms with Gasteiger partial charge in [-0.05, 0) is 48.9 Å². The van der Waals surface area contributed by atoms with E-state index < -0.39 is 0 Å². The van der Waals surface area contributed by atoms with E-state index in [1.165, 1.54) is 51.4 Å². The molecule has 2 fully saturated rings. The first kappa shape index (κ1) is 15.1. The van der Waals surface area contributed by atoms with Crippen molar-refractivity contribution in [2.45, 2.75) is 86.0 Å². The van der Waals surface area contributed by atoms with Gasteiger partial charge in [-0.3, -0.25) is 0 Å². The second kappa shape index (κ2) is 6.81. The molecule has 0 aliphatic heterocycles. The number of rotatable bonds is 0. The Hall–Kier alpha value is 0. The van der Waals surface area contributed by atoms with Crippen LogP contribution >= 0.6 is 0 Å². The highest BCUT2D eigenvalue weighted by molar-refractivity contribution is 4.86. The molecule has 2 saturated carbocycles. The number of fused-ring (bicyclic) bond motifs is 1. The van der Waals surface area contributed by atoms with Gasteiger partial charge in [0.1, 0.15) is 0 Å². The quantitative estimate of drug-likeness (QED) is 0.481. The molecule has 2 aliphatic carbocycles. The van der Waals surface area contributed by atoms with Crippen LogP contribution < -0.4 is 0 Å². The van der Waals surface area contributed by atoms with E-state index in [2.05, 4.69) is 34.6 Å². The zero-order valence-electron chi connectivity index (χ0n) is 12.9. The molecule has 0 saturated heterocycles. The second-order valence-corrected chi connectivity index (χ2v) is 7.28. The van der Waals surface area contributed by atoms with Gasteiger partial charge < -0.3 is 0 Å². The first-order chi connectivity index (χ1) is 8.00. The van der Waals surface area contributed by atoms with Crippen LogP contribution in [0.25, 0.3) is 0 Å². The molecule has 102 valence electrons. The second-order valence-electron chi connectivity index (χ2n) is 7.28. The van der Waals surface area contributed by atoms with Crippen molar-refractivity contribution in [2.75, 3.05) is 0 Å². The average molecular weight is 238 g/mol. The molecule has 17 heavy (non-hydrogen) atoms. The van der Waals surface area contributed by atoms with E-state index in [1.807, 2.05) is 0 Å². The zero-order chi connectivity index (χ0) is 12.9. The Morgan fingerprint density at radius 2 is 1.53 bits per heavy atom. The minimum Gasteiger partial charge on any atom is -0.0656 e. The first-order valence-electron chi connectivity index (χ1n) is 8.00. The predicted molar refractivity (Wildman–Crippen MR) is 78.2 cm³/mol. The average Bonchev–Trinajstić information content (AvgIpc) is 2.40. The van der Waals surface area contributed by atoms with Crippen LogP contribution in [0, 0.1) is 23.2 Å². The van der Waals surface area contributed by atoms with Crippen molar-refractivity contribution in [3.8, 4) is 0 Å². The van der Waals surface area contributed by atoms with Crippen molar-refractivity contribution in [3.63, 3.8) is 0 Å². The van der Waals surface area contributed by atoms with Gasteiger partial charge >= 0.3 is 0 Å². The maximum Gasteiger partial charge on any atom is -0.0354 e. The van der Waals surface area contributed by atoms with Crippen molar-refractivity contribution < 1.29 is 0 Å². The smallest absolute Gasteiger partial charge is 0.0354 e. The number of hydrogen-bond donors (Lipinski definition) is 0. The fraction of sp³-hybridized carbons (Fsp3) is 1.00. The monoisotopic (exact) mass is 238 g/mol. The Bertz CT molecular complexity index is 204. The molecule has 2 aliphatic rings. The summed E-state index contributed by atoms with van der Waals surface area (Å²) in [6.45, 7) is 11.7. The van der Waals surface area contributed by atoms with Gasteiger partial charge in [-0.25, -0.2) is 0 Å². The lowest BCUT2D eigenvalue weighted by atomic mass is 9.70. The summed E-state index contributed by atoms with van der Waals surface area (Å²) in [6, 6.07) is 0.